The van der Waals surface area contributed by atoms with Crippen molar-refractivity contribution in [2.75, 3.05) is 14.7 Å². The smallest absolute Gasteiger partial charge is 0.171 e. The fourth-order valence-corrected chi connectivity index (χ4v) is 14.5. The van der Waals surface area contributed by atoms with Crippen LogP contribution in [0.2, 0.25) is 0 Å². The van der Waals surface area contributed by atoms with Crippen LogP contribution >= 0.6 is 0 Å². The Balaban J connectivity index is 1.04. The van der Waals surface area contributed by atoms with Crippen molar-refractivity contribution in [2.24, 2.45) is 0 Å². The zero-order chi connectivity index (χ0) is 57.4. The van der Waals surface area contributed by atoms with Crippen molar-refractivity contribution in [2.45, 2.75) is 32.1 Å². The molecule has 0 atom stereocenters. The van der Waals surface area contributed by atoms with Crippen LogP contribution in [-0.4, -0.2) is 0 Å². The Morgan fingerprint density at radius 3 is 1.15 bits per heavy atom. The highest BCUT2D eigenvalue weighted by Crippen LogP contribution is 2.67. The first kappa shape index (κ1) is 49.8. The summed E-state index contributed by atoms with van der Waals surface area (Å²) in [4.78, 5) is 7.09. The summed E-state index contributed by atoms with van der Waals surface area (Å²) in [5.41, 5.74) is 18.3. The van der Waals surface area contributed by atoms with E-state index in [4.69, 9.17) is 8.83 Å². The van der Waals surface area contributed by atoms with E-state index in [1.807, 2.05) is 24.3 Å². The minimum Gasteiger partial charge on any atom is -0.451 e. The van der Waals surface area contributed by atoms with Gasteiger partial charge in [-0.1, -0.05) is 190 Å². The van der Waals surface area contributed by atoms with Crippen molar-refractivity contribution in [3.05, 3.63) is 306 Å². The van der Waals surface area contributed by atoms with Gasteiger partial charge in [0.25, 0.3) is 0 Å². The zero-order valence-electron chi connectivity index (χ0n) is 47.2. The average molecular weight is 1110 g/mol. The second-order valence-electron chi connectivity index (χ2n) is 22.6. The highest BCUT2D eigenvalue weighted by Gasteiger charge is 2.54. The maximum Gasteiger partial charge on any atom is 0.171 e. The van der Waals surface area contributed by atoms with E-state index in [0.29, 0.717) is 11.2 Å². The lowest BCUT2D eigenvalue weighted by atomic mass is 9.64. The van der Waals surface area contributed by atoms with Crippen molar-refractivity contribution in [3.8, 4) is 11.1 Å². The average Bonchev–Trinajstić information content (AvgIpc) is 1.47. The monoisotopic (exact) mass is 1110 g/mol. The summed E-state index contributed by atoms with van der Waals surface area (Å²) in [6, 6.07) is 91.5. The Bertz CT molecular complexity index is 4950. The van der Waals surface area contributed by atoms with Gasteiger partial charge < -0.3 is 23.5 Å². The van der Waals surface area contributed by atoms with E-state index in [2.05, 4.69) is 241 Å². The molecule has 13 aromatic carbocycles. The number of hydrogen-bond donors (Lipinski definition) is 0. The molecule has 2 aromatic heterocycles. The van der Waals surface area contributed by atoms with Gasteiger partial charge in [0.15, 0.2) is 34.0 Å². The first-order chi connectivity index (χ1) is 42.4. The second kappa shape index (κ2) is 19.1. The lowest BCUT2D eigenvalue weighted by Gasteiger charge is -2.45. The Morgan fingerprint density at radius 2 is 0.709 bits per heavy atom. The lowest BCUT2D eigenvalue weighted by Crippen LogP contribution is -2.36. The molecule has 1 aliphatic heterocycles. The predicted molar refractivity (Wildman–Crippen MR) is 350 cm³/mol. The zero-order valence-corrected chi connectivity index (χ0v) is 47.2. The summed E-state index contributed by atoms with van der Waals surface area (Å²) in [6.07, 6.45) is 1.76. The summed E-state index contributed by atoms with van der Waals surface area (Å²) in [7, 11) is 0. The van der Waals surface area contributed by atoms with Gasteiger partial charge in [0.05, 0.1) is 39.5 Å². The highest BCUT2D eigenvalue weighted by atomic mass is 19.1. The molecule has 0 amide bonds. The number of nitrogens with zero attached hydrogens (tertiary/aromatic N) is 3. The van der Waals surface area contributed by atoms with Gasteiger partial charge in [-0.05, 0) is 153 Å². The molecule has 0 unspecified atom stereocenters. The quantitative estimate of drug-likeness (QED) is 0.144. The summed E-state index contributed by atoms with van der Waals surface area (Å²) in [6.45, 7) is 4.36. The summed E-state index contributed by atoms with van der Waals surface area (Å²) in [5.74, 6) is -0.812. The Hall–Kier alpha value is -10.8. The van der Waals surface area contributed by atoms with Crippen molar-refractivity contribution >= 4 is 117 Å². The molecule has 17 rings (SSSR count). The molecular formula is C79H53F2N3O2. The van der Waals surface area contributed by atoms with Crippen LogP contribution in [-0.2, 0) is 18.3 Å². The van der Waals surface area contributed by atoms with E-state index in [1.165, 1.54) is 23.3 Å². The fraction of sp³-hybridized carbons (Fsp3) is 0.0633. The van der Waals surface area contributed by atoms with Crippen LogP contribution in [0.5, 0.6) is 0 Å². The lowest BCUT2D eigenvalue weighted by molar-refractivity contribution is 0.584. The standard InChI is InChI=1S/C79H53F2N3O2/c1-3-48-38-42-51(43-39-48)83(69-36-18-28-59-57-26-16-32-65(80)75(57)85-77(59)69)71-46-63-73(55-24-10-8-22-53(55)71)74-56-25-11-9-23-54(56)72(84(52-44-40-49(4-2)41-45-52)70-37-19-29-60-58-27-17-33-66(81)76(58)86-78(60)70)47-64(74)79(63)61-30-12-14-34-67(61)82(50-20-6-5-7-21-50)68-35-15-13-31-62(68)79/h5-47H,3-4H2,1-2H3. The Morgan fingerprint density at radius 1 is 0.337 bits per heavy atom. The largest absolute Gasteiger partial charge is 0.451 e. The van der Waals surface area contributed by atoms with Crippen molar-refractivity contribution in [1.82, 2.24) is 0 Å². The van der Waals surface area contributed by atoms with Gasteiger partial charge in [0, 0.05) is 49.4 Å². The first-order valence-electron chi connectivity index (χ1n) is 29.6. The third-order valence-corrected chi connectivity index (χ3v) is 18.3. The van der Waals surface area contributed by atoms with E-state index in [-0.39, 0.29) is 11.2 Å². The Labute approximate surface area is 495 Å². The molecule has 410 valence electrons. The number of furan rings is 2. The maximum absolute atomic E-state index is 16.0. The van der Waals surface area contributed by atoms with Gasteiger partial charge in [0.1, 0.15) is 0 Å². The molecule has 1 aliphatic carbocycles. The van der Waals surface area contributed by atoms with Crippen LogP contribution in [0.4, 0.5) is 60.0 Å². The van der Waals surface area contributed by atoms with E-state index in [0.717, 1.165) is 140 Å². The SMILES string of the molecule is CCc1ccc(N(c2cc3c(c4ccccc24)-c2c(cc(N(c4ccc(CC)cc4)c4cccc5c4oc4c(F)cccc45)c4ccccc24)C32c3ccccc3N(c3ccccc3)c3ccccc32)c2cccc3c2oc2c(F)cccc23)cc1. The third-order valence-electron chi connectivity index (χ3n) is 18.3. The highest BCUT2D eigenvalue weighted by molar-refractivity contribution is 6.21. The van der Waals surface area contributed by atoms with E-state index < -0.39 is 17.0 Å². The minimum atomic E-state index is -0.987. The number of hydrogen-bond acceptors (Lipinski definition) is 5. The van der Waals surface area contributed by atoms with Gasteiger partial charge in [-0.25, -0.2) is 8.78 Å². The molecular weight excluding hydrogens is 1060 g/mol. The normalized spacial score (nSPS) is 13.0. The van der Waals surface area contributed by atoms with E-state index >= 15 is 8.78 Å². The summed E-state index contributed by atoms with van der Waals surface area (Å²) in [5, 5.41) is 7.32. The summed E-state index contributed by atoms with van der Waals surface area (Å²) >= 11 is 0. The van der Waals surface area contributed by atoms with E-state index in [9.17, 15) is 0 Å². The van der Waals surface area contributed by atoms with Crippen LogP contribution in [0.25, 0.3) is 76.5 Å². The number of halogens is 2. The van der Waals surface area contributed by atoms with Gasteiger partial charge in [-0.15, -0.1) is 0 Å². The molecule has 0 saturated heterocycles. The molecule has 5 nitrogen and oxygen atoms in total. The van der Waals surface area contributed by atoms with Gasteiger partial charge in [-0.2, -0.15) is 0 Å². The molecule has 86 heavy (non-hydrogen) atoms. The van der Waals surface area contributed by atoms with Crippen LogP contribution in [0, 0.1) is 11.6 Å². The molecule has 0 saturated carbocycles. The van der Waals surface area contributed by atoms with Crippen LogP contribution in [0.1, 0.15) is 47.2 Å². The van der Waals surface area contributed by atoms with Crippen LogP contribution in [0.3, 0.4) is 0 Å². The molecule has 3 heterocycles. The van der Waals surface area contributed by atoms with Gasteiger partial charge >= 0.3 is 0 Å². The topological polar surface area (TPSA) is 36.0 Å². The van der Waals surface area contributed by atoms with E-state index in [1.54, 1.807) is 12.1 Å². The van der Waals surface area contributed by atoms with Gasteiger partial charge in [-0.3, -0.25) is 0 Å². The minimum absolute atomic E-state index is 0.226. The number of aryl methyl sites for hydroxylation is 2. The molecule has 2 aliphatic rings. The molecule has 0 radical (unpaired) electrons. The predicted octanol–water partition coefficient (Wildman–Crippen LogP) is 22.3. The Kier molecular flexibility index (Phi) is 11.1. The summed E-state index contributed by atoms with van der Waals surface area (Å²) < 4.78 is 45.5. The number of benzene rings is 13. The van der Waals surface area contributed by atoms with Crippen molar-refractivity contribution < 1.29 is 17.6 Å². The molecule has 0 fully saturated rings. The number of anilines is 9. The maximum atomic E-state index is 16.0. The van der Waals surface area contributed by atoms with Crippen LogP contribution in [0.15, 0.2) is 270 Å². The number of para-hydroxylation sites is 7. The molecule has 0 bridgehead atoms. The number of fused-ring (bicyclic) bond motifs is 19. The molecule has 7 heteroatoms. The second-order valence-corrected chi connectivity index (χ2v) is 22.6. The third kappa shape index (κ3) is 7.03. The number of rotatable bonds is 9. The molecule has 15 aromatic rings. The van der Waals surface area contributed by atoms with Gasteiger partial charge in [0.2, 0.25) is 0 Å². The van der Waals surface area contributed by atoms with Crippen LogP contribution < -0.4 is 14.7 Å². The first-order valence-corrected chi connectivity index (χ1v) is 29.6. The van der Waals surface area contributed by atoms with Crippen molar-refractivity contribution in [3.63, 3.8) is 0 Å². The molecule has 0 N–H and O–H groups in total. The fourth-order valence-electron chi connectivity index (χ4n) is 14.5. The molecule has 1 spiro atoms. The van der Waals surface area contributed by atoms with Crippen molar-refractivity contribution in [1.29, 1.82) is 0 Å².